The molecule has 1 aliphatic heterocycles. The summed E-state index contributed by atoms with van der Waals surface area (Å²) >= 11 is 3.44. The van der Waals surface area contributed by atoms with Crippen LogP contribution in [0.25, 0.3) is 11.1 Å². The van der Waals surface area contributed by atoms with Gasteiger partial charge in [-0.1, -0.05) is 70.5 Å². The predicted octanol–water partition coefficient (Wildman–Crippen LogP) is 7.27. The van der Waals surface area contributed by atoms with Crippen LogP contribution in [0.4, 0.5) is 10.5 Å². The summed E-state index contributed by atoms with van der Waals surface area (Å²) in [5.74, 6) is 0.258. The van der Waals surface area contributed by atoms with Gasteiger partial charge in [0.2, 0.25) is 5.91 Å². The Morgan fingerprint density at radius 1 is 0.822 bits per heavy atom. The zero-order valence-corrected chi connectivity index (χ0v) is 27.7. The molecule has 236 valence electrons. The topological polar surface area (TPSA) is 84.9 Å². The van der Waals surface area contributed by atoms with E-state index >= 15 is 0 Å². The highest BCUT2D eigenvalue weighted by molar-refractivity contribution is 9.10. The Balaban J connectivity index is 0.00000461. The van der Waals surface area contributed by atoms with Crippen LogP contribution in [0, 0.1) is 0 Å². The number of aromatic hydroxyl groups is 1. The van der Waals surface area contributed by atoms with Crippen LogP contribution in [0.1, 0.15) is 29.5 Å². The van der Waals surface area contributed by atoms with E-state index in [4.69, 9.17) is 0 Å². The standard InChI is InChI=1S/C36H39BrN4O3.ClH/c37-32-11-13-33(14-12-32)39-36(44)41(21-17-27-9-15-34(42)16-10-27)26-29-6-4-8-31(24-29)30-7-3-5-28(23-30)25-35(43)38-18-22-40-19-1-2-20-40;/h3-16,23-24,42H,1-2,17-22,25-26H2,(H,38,43)(H,39,44);1H. The Morgan fingerprint density at radius 3 is 2.16 bits per heavy atom. The minimum absolute atomic E-state index is 0. The quantitative estimate of drug-likeness (QED) is 0.146. The summed E-state index contributed by atoms with van der Waals surface area (Å²) in [4.78, 5) is 30.3. The van der Waals surface area contributed by atoms with Gasteiger partial charge in [0.25, 0.3) is 0 Å². The first kappa shape index (κ1) is 34.0. The minimum atomic E-state index is -0.186. The average molecular weight is 692 g/mol. The van der Waals surface area contributed by atoms with Crippen molar-refractivity contribution in [1.29, 1.82) is 0 Å². The van der Waals surface area contributed by atoms with Crippen molar-refractivity contribution in [3.05, 3.63) is 118 Å². The van der Waals surface area contributed by atoms with Gasteiger partial charge < -0.3 is 25.5 Å². The van der Waals surface area contributed by atoms with Crippen LogP contribution in [0.2, 0.25) is 0 Å². The van der Waals surface area contributed by atoms with Crippen LogP contribution < -0.4 is 10.6 Å². The maximum atomic E-state index is 13.5. The van der Waals surface area contributed by atoms with Crippen molar-refractivity contribution in [2.75, 3.05) is 38.0 Å². The molecule has 3 N–H and O–H groups in total. The first-order valence-electron chi connectivity index (χ1n) is 15.2. The normalized spacial score (nSPS) is 12.7. The highest BCUT2D eigenvalue weighted by Gasteiger charge is 2.16. The number of anilines is 1. The molecule has 0 saturated carbocycles. The number of nitrogens with zero attached hydrogens (tertiary/aromatic N) is 2. The predicted molar refractivity (Wildman–Crippen MR) is 187 cm³/mol. The molecule has 7 nitrogen and oxygen atoms in total. The van der Waals surface area contributed by atoms with Crippen molar-refractivity contribution in [2.24, 2.45) is 0 Å². The monoisotopic (exact) mass is 690 g/mol. The maximum absolute atomic E-state index is 13.5. The number of likely N-dealkylation sites (tertiary alicyclic amines) is 1. The van der Waals surface area contributed by atoms with Crippen molar-refractivity contribution in [3.8, 4) is 16.9 Å². The molecule has 0 radical (unpaired) electrons. The molecule has 1 aliphatic rings. The number of hydrogen-bond acceptors (Lipinski definition) is 4. The van der Waals surface area contributed by atoms with Crippen LogP contribution in [0.5, 0.6) is 5.75 Å². The van der Waals surface area contributed by atoms with Crippen LogP contribution >= 0.6 is 28.3 Å². The molecule has 45 heavy (non-hydrogen) atoms. The molecule has 0 spiro atoms. The van der Waals surface area contributed by atoms with Gasteiger partial charge in [-0.2, -0.15) is 0 Å². The van der Waals surface area contributed by atoms with Crippen LogP contribution in [-0.2, 0) is 24.2 Å². The number of urea groups is 1. The molecule has 0 bridgehead atoms. The fraction of sp³-hybridized carbons (Fsp3) is 0.278. The SMILES string of the molecule is Cl.O=C(Cc1cccc(-c2cccc(CN(CCc3ccc(O)cc3)C(=O)Nc3ccc(Br)cc3)c2)c1)NCCN1CCCC1. The highest BCUT2D eigenvalue weighted by atomic mass is 79.9. The van der Waals surface area contributed by atoms with Crippen LogP contribution in [0.15, 0.2) is 102 Å². The van der Waals surface area contributed by atoms with E-state index in [0.29, 0.717) is 32.5 Å². The Hall–Kier alpha value is -3.85. The lowest BCUT2D eigenvalue weighted by atomic mass is 9.99. The number of hydrogen-bond donors (Lipinski definition) is 3. The van der Waals surface area contributed by atoms with Gasteiger partial charge >= 0.3 is 6.03 Å². The largest absolute Gasteiger partial charge is 0.508 e. The fourth-order valence-electron chi connectivity index (χ4n) is 5.45. The fourth-order valence-corrected chi connectivity index (χ4v) is 5.72. The maximum Gasteiger partial charge on any atom is 0.322 e. The van der Waals surface area contributed by atoms with Gasteiger partial charge in [0.1, 0.15) is 5.75 Å². The van der Waals surface area contributed by atoms with Crippen molar-refractivity contribution in [1.82, 2.24) is 15.1 Å². The lowest BCUT2D eigenvalue weighted by molar-refractivity contribution is -0.120. The third kappa shape index (κ3) is 10.6. The first-order chi connectivity index (χ1) is 21.4. The Labute approximate surface area is 280 Å². The summed E-state index contributed by atoms with van der Waals surface area (Å²) in [5.41, 5.74) is 5.79. The summed E-state index contributed by atoms with van der Waals surface area (Å²) < 4.78 is 0.943. The van der Waals surface area contributed by atoms with Crippen molar-refractivity contribution >= 4 is 46.0 Å². The van der Waals surface area contributed by atoms with E-state index < -0.39 is 0 Å². The number of phenols is 1. The number of carbonyl (C=O) groups is 2. The molecule has 3 amide bonds. The third-order valence-corrected chi connectivity index (χ3v) is 8.39. The van der Waals surface area contributed by atoms with Gasteiger partial charge in [-0.15, -0.1) is 12.4 Å². The summed E-state index contributed by atoms with van der Waals surface area (Å²) in [6.45, 7) is 4.77. The van der Waals surface area contributed by atoms with E-state index in [2.05, 4.69) is 55.7 Å². The summed E-state index contributed by atoms with van der Waals surface area (Å²) in [6.07, 6.45) is 3.49. The molecule has 1 heterocycles. The molecule has 1 saturated heterocycles. The van der Waals surface area contributed by atoms with Gasteiger partial charge in [0.05, 0.1) is 6.42 Å². The molecular formula is C36H40BrClN4O3. The first-order valence-corrected chi connectivity index (χ1v) is 16.0. The summed E-state index contributed by atoms with van der Waals surface area (Å²) in [6, 6.07) is 30.7. The van der Waals surface area contributed by atoms with E-state index in [0.717, 1.165) is 57.6 Å². The second-order valence-corrected chi connectivity index (χ2v) is 12.2. The molecule has 5 rings (SSSR count). The van der Waals surface area contributed by atoms with Crippen LogP contribution in [-0.4, -0.2) is 59.6 Å². The number of amides is 3. The van der Waals surface area contributed by atoms with Crippen LogP contribution in [0.3, 0.4) is 0 Å². The van der Waals surface area contributed by atoms with E-state index in [1.807, 2.05) is 60.7 Å². The number of halogens is 2. The number of phenolic OH excluding ortho intramolecular Hbond substituents is 1. The van der Waals surface area contributed by atoms with E-state index in [1.54, 1.807) is 17.0 Å². The highest BCUT2D eigenvalue weighted by Crippen LogP contribution is 2.23. The molecule has 4 aromatic carbocycles. The smallest absolute Gasteiger partial charge is 0.322 e. The minimum Gasteiger partial charge on any atom is -0.508 e. The van der Waals surface area contributed by atoms with Gasteiger partial charge in [-0.25, -0.2) is 4.79 Å². The molecule has 0 atom stereocenters. The van der Waals surface area contributed by atoms with Gasteiger partial charge in [-0.3, -0.25) is 4.79 Å². The van der Waals surface area contributed by atoms with E-state index in [1.165, 1.54) is 12.8 Å². The van der Waals surface area contributed by atoms with Crippen molar-refractivity contribution in [2.45, 2.75) is 32.2 Å². The summed E-state index contributed by atoms with van der Waals surface area (Å²) in [7, 11) is 0. The molecule has 0 aromatic heterocycles. The van der Waals surface area contributed by atoms with Gasteiger partial charge in [0.15, 0.2) is 0 Å². The zero-order valence-electron chi connectivity index (χ0n) is 25.3. The van der Waals surface area contributed by atoms with Gasteiger partial charge in [0, 0.05) is 36.3 Å². The molecule has 0 aliphatic carbocycles. The second-order valence-electron chi connectivity index (χ2n) is 11.3. The lowest BCUT2D eigenvalue weighted by Gasteiger charge is -2.24. The molecule has 4 aromatic rings. The number of rotatable bonds is 12. The second kappa shape index (κ2) is 17.0. The average Bonchev–Trinajstić information content (AvgIpc) is 3.55. The van der Waals surface area contributed by atoms with Gasteiger partial charge in [-0.05, 0) is 103 Å². The van der Waals surface area contributed by atoms with Crippen molar-refractivity contribution in [3.63, 3.8) is 0 Å². The van der Waals surface area contributed by atoms with Crippen molar-refractivity contribution < 1.29 is 14.7 Å². The molecule has 1 fully saturated rings. The lowest BCUT2D eigenvalue weighted by Crippen LogP contribution is -2.36. The zero-order chi connectivity index (χ0) is 30.7. The Morgan fingerprint density at radius 2 is 1.47 bits per heavy atom. The number of benzene rings is 4. The molecule has 0 unspecified atom stereocenters. The molecule has 9 heteroatoms. The third-order valence-electron chi connectivity index (χ3n) is 7.86. The van der Waals surface area contributed by atoms with E-state index in [9.17, 15) is 14.7 Å². The Bertz CT molecular complexity index is 1540. The van der Waals surface area contributed by atoms with E-state index in [-0.39, 0.29) is 30.1 Å². The number of carbonyl (C=O) groups excluding carboxylic acids is 2. The number of nitrogens with one attached hydrogen (secondary N) is 2. The molecular weight excluding hydrogens is 652 g/mol. The Kier molecular flexibility index (Phi) is 12.9. The summed E-state index contributed by atoms with van der Waals surface area (Å²) in [5, 5.41) is 15.7.